The summed E-state index contributed by atoms with van der Waals surface area (Å²) in [5.74, 6) is 0.364. The number of aliphatic carboxylic acids is 1. The molecule has 6 rings (SSSR count). The summed E-state index contributed by atoms with van der Waals surface area (Å²) in [6.07, 6.45) is 0.448. The Morgan fingerprint density at radius 2 is 1.70 bits per heavy atom. The summed E-state index contributed by atoms with van der Waals surface area (Å²) in [5.41, 5.74) is 7.88. The first-order chi connectivity index (χ1) is 20.8. The smallest absolute Gasteiger partial charge is 0.323 e. The fourth-order valence-corrected chi connectivity index (χ4v) is 5.56. The Morgan fingerprint density at radius 3 is 2.35 bits per heavy atom. The first kappa shape index (κ1) is 28.7. The number of nitrogens with zero attached hydrogens (tertiary/aromatic N) is 4. The Labute approximate surface area is 247 Å². The van der Waals surface area contributed by atoms with E-state index in [1.807, 2.05) is 56.3 Å². The second-order valence-corrected chi connectivity index (χ2v) is 10.9. The van der Waals surface area contributed by atoms with Crippen molar-refractivity contribution in [1.29, 1.82) is 0 Å². The number of aliphatic hydroxyl groups excluding tert-OH is 2. The minimum absolute atomic E-state index is 0.267. The summed E-state index contributed by atoms with van der Waals surface area (Å²) in [4.78, 5) is 18.0. The predicted molar refractivity (Wildman–Crippen MR) is 159 cm³/mol. The quantitative estimate of drug-likeness (QED) is 0.189. The standard InChI is InChI=1S/C32H33N5O6/c1-18-22(23-6-4-8-25(19(23)2)31-36-35-29(43-31)16-37-12-11-21(39)15-37)5-3-7-24(18)30-34-26-13-20(9-10-28(26)42-30)14-33-27(17-38)32(40)41/h3-10,13,21,27,33,38-39H,11-12,14-17H2,1-2H3,(H,40,41)/t21-,27-/m1/s1. The number of benzene rings is 3. The molecule has 0 spiro atoms. The number of rotatable bonds is 10. The number of carboxylic acids is 1. The highest BCUT2D eigenvalue weighted by Crippen LogP contribution is 2.37. The highest BCUT2D eigenvalue weighted by atomic mass is 16.4. The molecule has 0 unspecified atom stereocenters. The lowest BCUT2D eigenvalue weighted by molar-refractivity contribution is -0.140. The van der Waals surface area contributed by atoms with E-state index in [4.69, 9.17) is 18.9 Å². The van der Waals surface area contributed by atoms with E-state index in [9.17, 15) is 15.0 Å². The van der Waals surface area contributed by atoms with Gasteiger partial charge >= 0.3 is 5.97 Å². The van der Waals surface area contributed by atoms with Gasteiger partial charge in [0.2, 0.25) is 17.7 Å². The van der Waals surface area contributed by atoms with Gasteiger partial charge in [0.25, 0.3) is 0 Å². The van der Waals surface area contributed by atoms with Gasteiger partial charge in [-0.05, 0) is 72.4 Å². The third kappa shape index (κ3) is 5.93. The first-order valence-corrected chi connectivity index (χ1v) is 14.2. The maximum absolute atomic E-state index is 11.2. The van der Waals surface area contributed by atoms with Crippen molar-refractivity contribution in [2.24, 2.45) is 0 Å². The molecule has 0 saturated carbocycles. The van der Waals surface area contributed by atoms with E-state index in [0.717, 1.165) is 51.9 Å². The van der Waals surface area contributed by atoms with Crippen LogP contribution < -0.4 is 5.32 Å². The highest BCUT2D eigenvalue weighted by Gasteiger charge is 2.23. The van der Waals surface area contributed by atoms with Crippen LogP contribution in [0.4, 0.5) is 0 Å². The van der Waals surface area contributed by atoms with E-state index in [2.05, 4.69) is 32.5 Å². The average Bonchev–Trinajstić information content (AvgIpc) is 3.73. The molecule has 5 aromatic rings. The number of fused-ring (bicyclic) bond motifs is 1. The van der Waals surface area contributed by atoms with Gasteiger partial charge in [-0.3, -0.25) is 15.0 Å². The van der Waals surface area contributed by atoms with Crippen molar-refractivity contribution < 1.29 is 28.9 Å². The van der Waals surface area contributed by atoms with Gasteiger partial charge in [-0.1, -0.05) is 30.3 Å². The number of nitrogens with one attached hydrogen (secondary N) is 1. The summed E-state index contributed by atoms with van der Waals surface area (Å²) in [5, 5.41) is 39.6. The van der Waals surface area contributed by atoms with E-state index in [0.29, 0.717) is 41.9 Å². The molecule has 4 N–H and O–H groups in total. The molecule has 1 saturated heterocycles. The molecule has 1 aliphatic rings. The molecular weight excluding hydrogens is 550 g/mol. The van der Waals surface area contributed by atoms with E-state index < -0.39 is 18.6 Å². The van der Waals surface area contributed by atoms with Crippen LogP contribution in [0.5, 0.6) is 0 Å². The molecule has 3 aromatic carbocycles. The van der Waals surface area contributed by atoms with Gasteiger partial charge in [0, 0.05) is 30.8 Å². The van der Waals surface area contributed by atoms with Crippen LogP contribution in [-0.2, 0) is 17.9 Å². The number of carboxylic acid groups (broad SMARTS) is 1. The maximum atomic E-state index is 11.2. The molecule has 0 bridgehead atoms. The van der Waals surface area contributed by atoms with Crippen molar-refractivity contribution in [2.75, 3.05) is 19.7 Å². The second-order valence-electron chi connectivity index (χ2n) is 10.9. The van der Waals surface area contributed by atoms with Crippen molar-refractivity contribution in [1.82, 2.24) is 25.4 Å². The SMILES string of the molecule is Cc1c(-c2nnc(CN3CC[C@@H](O)C3)o2)cccc1-c1cccc(-c2nc3cc(CN[C@H](CO)C(=O)O)ccc3o2)c1C. The molecule has 43 heavy (non-hydrogen) atoms. The van der Waals surface area contributed by atoms with E-state index in [1.165, 1.54) is 0 Å². The van der Waals surface area contributed by atoms with Crippen molar-refractivity contribution in [3.8, 4) is 34.0 Å². The number of aliphatic hydroxyl groups is 2. The summed E-state index contributed by atoms with van der Waals surface area (Å²) >= 11 is 0. The summed E-state index contributed by atoms with van der Waals surface area (Å²) < 4.78 is 12.2. The monoisotopic (exact) mass is 583 g/mol. The number of likely N-dealkylation sites (tertiary alicyclic amines) is 1. The number of hydrogen-bond donors (Lipinski definition) is 4. The van der Waals surface area contributed by atoms with Crippen molar-refractivity contribution in [3.05, 3.63) is 77.2 Å². The van der Waals surface area contributed by atoms with E-state index in [1.54, 1.807) is 0 Å². The minimum atomic E-state index is -1.11. The first-order valence-electron chi connectivity index (χ1n) is 14.2. The van der Waals surface area contributed by atoms with Crippen LogP contribution in [0.1, 0.15) is 29.0 Å². The van der Waals surface area contributed by atoms with Crippen molar-refractivity contribution in [2.45, 2.75) is 45.5 Å². The molecule has 1 aliphatic heterocycles. The highest BCUT2D eigenvalue weighted by molar-refractivity contribution is 5.83. The molecular formula is C32H33N5O6. The Kier molecular flexibility index (Phi) is 8.04. The van der Waals surface area contributed by atoms with E-state index >= 15 is 0 Å². The van der Waals surface area contributed by atoms with Crippen molar-refractivity contribution in [3.63, 3.8) is 0 Å². The fourth-order valence-electron chi connectivity index (χ4n) is 5.56. The number of β-amino-alcohol motifs (C(OH)–C–C–N with tert-alkyl or cyclic N) is 1. The molecule has 11 nitrogen and oxygen atoms in total. The van der Waals surface area contributed by atoms with Gasteiger partial charge in [-0.25, -0.2) is 4.98 Å². The fraction of sp³-hybridized carbons (Fsp3) is 0.312. The zero-order chi connectivity index (χ0) is 30.1. The van der Waals surface area contributed by atoms with Crippen LogP contribution in [0.2, 0.25) is 0 Å². The van der Waals surface area contributed by atoms with Gasteiger partial charge in [0.15, 0.2) is 5.58 Å². The van der Waals surface area contributed by atoms with Crippen LogP contribution in [0, 0.1) is 13.8 Å². The molecule has 222 valence electrons. The van der Waals surface area contributed by atoms with E-state index in [-0.39, 0.29) is 12.6 Å². The maximum Gasteiger partial charge on any atom is 0.323 e. The molecule has 1 fully saturated rings. The third-order valence-corrected chi connectivity index (χ3v) is 7.98. The second kappa shape index (κ2) is 12.1. The van der Waals surface area contributed by atoms with Gasteiger partial charge in [-0.15, -0.1) is 10.2 Å². The molecule has 0 radical (unpaired) electrons. The lowest BCUT2D eigenvalue weighted by Gasteiger charge is -2.14. The van der Waals surface area contributed by atoms with Gasteiger partial charge < -0.3 is 24.2 Å². The lowest BCUT2D eigenvalue weighted by Crippen LogP contribution is -2.39. The van der Waals surface area contributed by atoms with Gasteiger partial charge in [-0.2, -0.15) is 0 Å². The predicted octanol–water partition coefficient (Wildman–Crippen LogP) is 3.93. The zero-order valence-corrected chi connectivity index (χ0v) is 23.9. The Balaban J connectivity index is 1.26. The molecule has 2 atom stereocenters. The number of oxazole rings is 1. The van der Waals surface area contributed by atoms with Crippen molar-refractivity contribution >= 4 is 17.1 Å². The number of carbonyl (C=O) groups is 1. The van der Waals surface area contributed by atoms with Gasteiger partial charge in [0.1, 0.15) is 11.6 Å². The number of hydrogen-bond acceptors (Lipinski definition) is 10. The summed E-state index contributed by atoms with van der Waals surface area (Å²) in [6.45, 7) is 5.78. The normalized spacial score (nSPS) is 16.2. The molecule has 0 amide bonds. The number of aromatic nitrogens is 3. The van der Waals surface area contributed by atoms with Crippen LogP contribution in [-0.4, -0.2) is 73.2 Å². The molecule has 3 heterocycles. The molecule has 2 aromatic heterocycles. The third-order valence-electron chi connectivity index (χ3n) is 7.98. The Bertz CT molecular complexity index is 1780. The minimum Gasteiger partial charge on any atom is -0.480 e. The van der Waals surface area contributed by atoms with Gasteiger partial charge in [0.05, 0.1) is 19.3 Å². The molecule has 0 aliphatic carbocycles. The zero-order valence-electron chi connectivity index (χ0n) is 23.9. The lowest BCUT2D eigenvalue weighted by atomic mass is 9.91. The summed E-state index contributed by atoms with van der Waals surface area (Å²) in [7, 11) is 0. The Hall–Kier alpha value is -4.42. The largest absolute Gasteiger partial charge is 0.480 e. The van der Waals surface area contributed by atoms with Crippen LogP contribution in [0.3, 0.4) is 0 Å². The van der Waals surface area contributed by atoms with Crippen LogP contribution in [0.25, 0.3) is 45.1 Å². The van der Waals surface area contributed by atoms with Crippen LogP contribution >= 0.6 is 0 Å². The van der Waals surface area contributed by atoms with Crippen LogP contribution in [0.15, 0.2) is 63.4 Å². The average molecular weight is 584 g/mol. The molecule has 11 heteroatoms. The Morgan fingerprint density at radius 1 is 1.00 bits per heavy atom. The topological polar surface area (TPSA) is 158 Å². The summed E-state index contributed by atoms with van der Waals surface area (Å²) in [6, 6.07) is 16.5.